The maximum Gasteiger partial charge on any atom is 0.224 e. The van der Waals surface area contributed by atoms with Crippen LogP contribution in [-0.2, 0) is 11.3 Å². The van der Waals surface area contributed by atoms with E-state index in [0.29, 0.717) is 6.04 Å². The SMILES string of the molecule is Cl.Cl.O=C(NC1CCN(Cc2ccccc2)CC1)[C@@H]1CCCNC1. The van der Waals surface area contributed by atoms with Gasteiger partial charge in [-0.3, -0.25) is 9.69 Å². The molecule has 2 aliphatic heterocycles. The predicted molar refractivity (Wildman–Crippen MR) is 103 cm³/mol. The van der Waals surface area contributed by atoms with E-state index in [-0.39, 0.29) is 36.6 Å². The zero-order valence-corrected chi connectivity index (χ0v) is 15.7. The standard InChI is InChI=1S/C18H27N3O.2ClH/c22-18(16-7-4-10-19-13-16)20-17-8-11-21(12-9-17)14-15-5-2-1-3-6-15;;/h1-3,5-6,16-17,19H,4,7-14H2,(H,20,22);2*1H/t16-;;/m1../s1. The molecule has 0 aliphatic carbocycles. The lowest BCUT2D eigenvalue weighted by molar-refractivity contribution is -0.126. The molecule has 1 aromatic carbocycles. The van der Waals surface area contributed by atoms with Gasteiger partial charge >= 0.3 is 0 Å². The normalized spacial score (nSPS) is 22.1. The van der Waals surface area contributed by atoms with Gasteiger partial charge in [0.25, 0.3) is 0 Å². The fourth-order valence-corrected chi connectivity index (χ4v) is 3.47. The van der Waals surface area contributed by atoms with Gasteiger partial charge in [0.1, 0.15) is 0 Å². The average Bonchev–Trinajstić information content (AvgIpc) is 2.58. The second kappa shape index (κ2) is 10.9. The summed E-state index contributed by atoms with van der Waals surface area (Å²) in [5.41, 5.74) is 1.37. The third-order valence-electron chi connectivity index (χ3n) is 4.85. The van der Waals surface area contributed by atoms with Crippen molar-refractivity contribution in [2.45, 2.75) is 38.3 Å². The minimum absolute atomic E-state index is 0. The molecule has 0 aromatic heterocycles. The molecule has 1 aromatic rings. The zero-order valence-electron chi connectivity index (χ0n) is 14.1. The van der Waals surface area contributed by atoms with Crippen molar-refractivity contribution in [2.75, 3.05) is 26.2 Å². The topological polar surface area (TPSA) is 44.4 Å². The summed E-state index contributed by atoms with van der Waals surface area (Å²) in [4.78, 5) is 14.8. The Bertz CT molecular complexity index is 472. The van der Waals surface area contributed by atoms with Crippen LogP contribution in [0, 0.1) is 5.92 Å². The maximum absolute atomic E-state index is 12.3. The molecule has 6 heteroatoms. The largest absolute Gasteiger partial charge is 0.353 e. The van der Waals surface area contributed by atoms with Crippen molar-refractivity contribution in [2.24, 2.45) is 5.92 Å². The molecule has 2 aliphatic rings. The maximum atomic E-state index is 12.3. The Morgan fingerprint density at radius 1 is 1.12 bits per heavy atom. The van der Waals surface area contributed by atoms with E-state index in [1.54, 1.807) is 0 Å². The van der Waals surface area contributed by atoms with Crippen molar-refractivity contribution in [3.63, 3.8) is 0 Å². The molecule has 1 atom stereocenters. The van der Waals surface area contributed by atoms with Crippen LogP contribution in [0.2, 0.25) is 0 Å². The summed E-state index contributed by atoms with van der Waals surface area (Å²) >= 11 is 0. The van der Waals surface area contributed by atoms with Gasteiger partial charge in [0.05, 0.1) is 5.92 Å². The number of nitrogens with one attached hydrogen (secondary N) is 2. The summed E-state index contributed by atoms with van der Waals surface area (Å²) in [5, 5.41) is 6.59. The molecule has 136 valence electrons. The van der Waals surface area contributed by atoms with Gasteiger partial charge in [0.2, 0.25) is 5.91 Å². The number of carbonyl (C=O) groups excluding carboxylic acids is 1. The van der Waals surface area contributed by atoms with E-state index < -0.39 is 0 Å². The van der Waals surface area contributed by atoms with Crippen molar-refractivity contribution in [3.05, 3.63) is 35.9 Å². The predicted octanol–water partition coefficient (Wildman–Crippen LogP) is 2.61. The number of amides is 1. The monoisotopic (exact) mass is 373 g/mol. The first-order valence-electron chi connectivity index (χ1n) is 8.58. The molecule has 2 fully saturated rings. The van der Waals surface area contributed by atoms with Crippen LogP contribution >= 0.6 is 24.8 Å². The van der Waals surface area contributed by atoms with E-state index in [0.717, 1.165) is 58.4 Å². The summed E-state index contributed by atoms with van der Waals surface area (Å²) in [6.07, 6.45) is 4.29. The summed E-state index contributed by atoms with van der Waals surface area (Å²) < 4.78 is 0. The van der Waals surface area contributed by atoms with Crippen LogP contribution in [-0.4, -0.2) is 43.0 Å². The highest BCUT2D eigenvalue weighted by Gasteiger charge is 2.25. The first-order chi connectivity index (χ1) is 10.8. The molecule has 0 bridgehead atoms. The van der Waals surface area contributed by atoms with Crippen LogP contribution < -0.4 is 10.6 Å². The summed E-state index contributed by atoms with van der Waals surface area (Å²) in [7, 11) is 0. The van der Waals surface area contributed by atoms with Crippen LogP contribution in [0.15, 0.2) is 30.3 Å². The molecule has 0 saturated carbocycles. The van der Waals surface area contributed by atoms with Crippen molar-refractivity contribution in [1.82, 2.24) is 15.5 Å². The van der Waals surface area contributed by atoms with E-state index in [1.807, 2.05) is 0 Å². The number of nitrogens with zero attached hydrogens (tertiary/aromatic N) is 1. The van der Waals surface area contributed by atoms with Gasteiger partial charge in [-0.05, 0) is 37.8 Å². The smallest absolute Gasteiger partial charge is 0.224 e. The number of hydrogen-bond donors (Lipinski definition) is 2. The van der Waals surface area contributed by atoms with Crippen molar-refractivity contribution in [1.29, 1.82) is 0 Å². The van der Waals surface area contributed by atoms with Crippen LogP contribution in [0.3, 0.4) is 0 Å². The van der Waals surface area contributed by atoms with Gasteiger partial charge in [0.15, 0.2) is 0 Å². The minimum Gasteiger partial charge on any atom is -0.353 e. The Balaban J connectivity index is 0.00000144. The number of halogens is 2. The molecular weight excluding hydrogens is 345 g/mol. The molecule has 2 heterocycles. The summed E-state index contributed by atoms with van der Waals surface area (Å²) in [5.74, 6) is 0.435. The van der Waals surface area contributed by atoms with E-state index >= 15 is 0 Å². The Hall–Kier alpha value is -0.810. The Kier molecular flexibility index (Phi) is 9.67. The van der Waals surface area contributed by atoms with Gasteiger partial charge in [-0.25, -0.2) is 0 Å². The molecule has 1 amide bonds. The summed E-state index contributed by atoms with van der Waals surface area (Å²) in [6, 6.07) is 11.0. The highest BCUT2D eigenvalue weighted by Crippen LogP contribution is 2.16. The Morgan fingerprint density at radius 3 is 2.46 bits per heavy atom. The van der Waals surface area contributed by atoms with Gasteiger partial charge in [-0.1, -0.05) is 30.3 Å². The molecular formula is C18H29Cl2N3O. The lowest BCUT2D eigenvalue weighted by atomic mass is 9.97. The highest BCUT2D eigenvalue weighted by molar-refractivity contribution is 5.85. The lowest BCUT2D eigenvalue weighted by Crippen LogP contribution is -2.48. The van der Waals surface area contributed by atoms with Crippen LogP contribution in [0.5, 0.6) is 0 Å². The second-order valence-electron chi connectivity index (χ2n) is 6.59. The second-order valence-corrected chi connectivity index (χ2v) is 6.59. The fraction of sp³-hybridized carbons (Fsp3) is 0.611. The molecule has 2 saturated heterocycles. The molecule has 3 rings (SSSR count). The minimum atomic E-state index is 0. The first-order valence-corrected chi connectivity index (χ1v) is 8.58. The van der Waals surface area contributed by atoms with E-state index in [2.05, 4.69) is 45.9 Å². The van der Waals surface area contributed by atoms with Crippen molar-refractivity contribution in [3.8, 4) is 0 Å². The van der Waals surface area contributed by atoms with Gasteiger partial charge in [-0.15, -0.1) is 24.8 Å². The number of carbonyl (C=O) groups is 1. The number of rotatable bonds is 4. The Labute approximate surface area is 157 Å². The number of piperidine rings is 2. The number of hydrogen-bond acceptors (Lipinski definition) is 3. The van der Waals surface area contributed by atoms with Gasteiger partial charge in [0, 0.05) is 32.2 Å². The molecule has 4 nitrogen and oxygen atoms in total. The first kappa shape index (κ1) is 21.2. The van der Waals surface area contributed by atoms with Gasteiger partial charge < -0.3 is 10.6 Å². The van der Waals surface area contributed by atoms with E-state index in [1.165, 1.54) is 5.56 Å². The average molecular weight is 374 g/mol. The molecule has 0 radical (unpaired) electrons. The molecule has 0 spiro atoms. The van der Waals surface area contributed by atoms with E-state index in [9.17, 15) is 4.79 Å². The van der Waals surface area contributed by atoms with E-state index in [4.69, 9.17) is 0 Å². The molecule has 24 heavy (non-hydrogen) atoms. The number of benzene rings is 1. The zero-order chi connectivity index (χ0) is 15.2. The van der Waals surface area contributed by atoms with Crippen molar-refractivity contribution >= 4 is 30.7 Å². The lowest BCUT2D eigenvalue weighted by Gasteiger charge is -2.33. The van der Waals surface area contributed by atoms with Gasteiger partial charge in [-0.2, -0.15) is 0 Å². The fourth-order valence-electron chi connectivity index (χ4n) is 3.47. The van der Waals surface area contributed by atoms with Crippen LogP contribution in [0.4, 0.5) is 0 Å². The van der Waals surface area contributed by atoms with Crippen molar-refractivity contribution < 1.29 is 4.79 Å². The highest BCUT2D eigenvalue weighted by atomic mass is 35.5. The number of likely N-dealkylation sites (tertiary alicyclic amines) is 1. The third kappa shape index (κ3) is 6.25. The summed E-state index contributed by atoms with van der Waals surface area (Å²) in [6.45, 7) is 5.07. The molecule has 0 unspecified atom stereocenters. The Morgan fingerprint density at radius 2 is 1.83 bits per heavy atom. The quantitative estimate of drug-likeness (QED) is 0.852. The molecule has 2 N–H and O–H groups in total. The van der Waals surface area contributed by atoms with Crippen LogP contribution in [0.25, 0.3) is 0 Å². The third-order valence-corrected chi connectivity index (χ3v) is 4.85. The van der Waals surface area contributed by atoms with Crippen LogP contribution in [0.1, 0.15) is 31.2 Å².